The van der Waals surface area contributed by atoms with E-state index in [1.54, 1.807) is 32.7 Å². The number of aromatic nitrogens is 1. The van der Waals surface area contributed by atoms with E-state index in [9.17, 15) is 4.79 Å². The van der Waals surface area contributed by atoms with Gasteiger partial charge in [-0.25, -0.2) is 4.98 Å². The van der Waals surface area contributed by atoms with E-state index in [4.69, 9.17) is 14.2 Å². The van der Waals surface area contributed by atoms with Gasteiger partial charge in [-0.1, -0.05) is 0 Å². The van der Waals surface area contributed by atoms with Crippen molar-refractivity contribution in [1.29, 1.82) is 0 Å². The minimum absolute atomic E-state index is 0.126. The van der Waals surface area contributed by atoms with Gasteiger partial charge in [0, 0.05) is 25.1 Å². The lowest BCUT2D eigenvalue weighted by Gasteiger charge is -2.29. The zero-order chi connectivity index (χ0) is 18.7. The SMILES string of the molecule is COCc1nc(C)c(CC(=O)N2CCc3cc(OC)c(OC)cc3C2)s1. The number of methoxy groups -OCH3 is 3. The lowest BCUT2D eigenvalue weighted by Crippen LogP contribution is -2.36. The van der Waals surface area contributed by atoms with Crippen molar-refractivity contribution in [1.82, 2.24) is 9.88 Å². The molecule has 0 bridgehead atoms. The number of benzene rings is 1. The average Bonchev–Trinajstić information content (AvgIpc) is 2.99. The van der Waals surface area contributed by atoms with Crippen LogP contribution in [0.1, 0.15) is 26.7 Å². The highest BCUT2D eigenvalue weighted by molar-refractivity contribution is 7.11. The Balaban J connectivity index is 1.73. The number of thiazole rings is 1. The Kier molecular flexibility index (Phi) is 5.78. The van der Waals surface area contributed by atoms with E-state index in [1.807, 2.05) is 24.0 Å². The summed E-state index contributed by atoms with van der Waals surface area (Å²) in [6.45, 7) is 3.74. The van der Waals surface area contributed by atoms with Crippen LogP contribution in [0.5, 0.6) is 11.5 Å². The summed E-state index contributed by atoms with van der Waals surface area (Å²) < 4.78 is 15.9. The van der Waals surface area contributed by atoms with Gasteiger partial charge in [0.2, 0.25) is 5.91 Å². The van der Waals surface area contributed by atoms with Gasteiger partial charge in [0.15, 0.2) is 11.5 Å². The molecular formula is C19H24N2O4S. The maximum Gasteiger partial charge on any atom is 0.228 e. The fourth-order valence-electron chi connectivity index (χ4n) is 3.18. The van der Waals surface area contributed by atoms with Gasteiger partial charge >= 0.3 is 0 Å². The first-order chi connectivity index (χ1) is 12.5. The largest absolute Gasteiger partial charge is 0.493 e. The van der Waals surface area contributed by atoms with E-state index in [2.05, 4.69) is 4.98 Å². The summed E-state index contributed by atoms with van der Waals surface area (Å²) in [5.41, 5.74) is 3.24. The molecule has 1 amide bonds. The van der Waals surface area contributed by atoms with Crippen molar-refractivity contribution in [2.24, 2.45) is 0 Å². The van der Waals surface area contributed by atoms with E-state index in [-0.39, 0.29) is 5.91 Å². The Hall–Kier alpha value is -2.12. The number of hydrogen-bond donors (Lipinski definition) is 0. The first-order valence-corrected chi connectivity index (χ1v) is 9.33. The maximum absolute atomic E-state index is 12.8. The van der Waals surface area contributed by atoms with Crippen LogP contribution in [0, 0.1) is 6.92 Å². The highest BCUT2D eigenvalue weighted by Gasteiger charge is 2.24. The zero-order valence-corrected chi connectivity index (χ0v) is 16.4. The van der Waals surface area contributed by atoms with Crippen molar-refractivity contribution in [3.05, 3.63) is 38.8 Å². The highest BCUT2D eigenvalue weighted by Crippen LogP contribution is 2.33. The molecule has 6 nitrogen and oxygen atoms in total. The minimum atomic E-state index is 0.126. The molecule has 3 rings (SSSR count). The molecular weight excluding hydrogens is 352 g/mol. The molecule has 0 saturated carbocycles. The summed E-state index contributed by atoms with van der Waals surface area (Å²) in [5, 5.41) is 0.911. The van der Waals surface area contributed by atoms with Crippen molar-refractivity contribution in [3.63, 3.8) is 0 Å². The van der Waals surface area contributed by atoms with Crippen LogP contribution >= 0.6 is 11.3 Å². The first-order valence-electron chi connectivity index (χ1n) is 8.51. The van der Waals surface area contributed by atoms with Gasteiger partial charge in [-0.3, -0.25) is 4.79 Å². The van der Waals surface area contributed by atoms with Gasteiger partial charge in [-0.2, -0.15) is 0 Å². The number of rotatable bonds is 6. The second-order valence-electron chi connectivity index (χ2n) is 6.27. The van der Waals surface area contributed by atoms with Crippen LogP contribution in [-0.4, -0.2) is 43.7 Å². The van der Waals surface area contributed by atoms with Crippen molar-refractivity contribution in [2.75, 3.05) is 27.9 Å². The van der Waals surface area contributed by atoms with Crippen molar-refractivity contribution in [3.8, 4) is 11.5 Å². The van der Waals surface area contributed by atoms with Crippen LogP contribution in [0.3, 0.4) is 0 Å². The van der Waals surface area contributed by atoms with Gasteiger partial charge in [0.1, 0.15) is 5.01 Å². The third-order valence-electron chi connectivity index (χ3n) is 4.59. The number of fused-ring (bicyclic) bond motifs is 1. The number of carbonyl (C=O) groups is 1. The van der Waals surface area contributed by atoms with Crippen LogP contribution in [0.15, 0.2) is 12.1 Å². The molecule has 1 aromatic heterocycles. The summed E-state index contributed by atoms with van der Waals surface area (Å²) in [7, 11) is 4.91. The number of hydrogen-bond acceptors (Lipinski definition) is 6. The molecule has 2 heterocycles. The van der Waals surface area contributed by atoms with E-state index in [1.165, 1.54) is 5.56 Å². The predicted molar refractivity (Wildman–Crippen MR) is 99.9 cm³/mol. The van der Waals surface area contributed by atoms with Gasteiger partial charge in [-0.05, 0) is 36.6 Å². The van der Waals surface area contributed by atoms with E-state index >= 15 is 0 Å². The normalized spacial score (nSPS) is 13.5. The fourth-order valence-corrected chi connectivity index (χ4v) is 4.22. The predicted octanol–water partition coefficient (Wildman–Crippen LogP) is 2.74. The first kappa shape index (κ1) is 18.7. The average molecular weight is 376 g/mol. The van der Waals surface area contributed by atoms with Crippen LogP contribution in [0.25, 0.3) is 0 Å². The molecule has 0 atom stereocenters. The van der Waals surface area contributed by atoms with Crippen molar-refractivity contribution >= 4 is 17.2 Å². The lowest BCUT2D eigenvalue weighted by molar-refractivity contribution is -0.131. The van der Waals surface area contributed by atoms with Crippen molar-refractivity contribution < 1.29 is 19.0 Å². The quantitative estimate of drug-likeness (QED) is 0.776. The van der Waals surface area contributed by atoms with E-state index in [0.29, 0.717) is 31.9 Å². The number of aryl methyl sites for hydroxylation is 1. The third-order valence-corrected chi connectivity index (χ3v) is 5.72. The molecule has 7 heteroatoms. The Morgan fingerprint density at radius 2 is 1.88 bits per heavy atom. The van der Waals surface area contributed by atoms with Gasteiger partial charge in [0.05, 0.1) is 32.9 Å². The number of carbonyl (C=O) groups excluding carboxylic acids is 1. The number of ether oxygens (including phenoxy) is 3. The summed E-state index contributed by atoms with van der Waals surface area (Å²) in [6.07, 6.45) is 1.20. The van der Waals surface area contributed by atoms with Crippen LogP contribution in [-0.2, 0) is 35.5 Å². The molecule has 0 aliphatic carbocycles. The van der Waals surface area contributed by atoms with Crippen LogP contribution < -0.4 is 9.47 Å². The molecule has 0 saturated heterocycles. The molecule has 1 aromatic carbocycles. The molecule has 1 aliphatic rings. The highest BCUT2D eigenvalue weighted by atomic mass is 32.1. The lowest BCUT2D eigenvalue weighted by atomic mass is 9.98. The molecule has 0 spiro atoms. The second kappa shape index (κ2) is 8.05. The Morgan fingerprint density at radius 3 is 2.54 bits per heavy atom. The zero-order valence-electron chi connectivity index (χ0n) is 15.6. The molecule has 26 heavy (non-hydrogen) atoms. The molecule has 1 aliphatic heterocycles. The second-order valence-corrected chi connectivity index (χ2v) is 7.44. The van der Waals surface area contributed by atoms with E-state index < -0.39 is 0 Å². The standard InChI is InChI=1S/C19H24N2O4S/c1-12-17(26-18(20-12)11-23-2)9-19(22)21-6-5-13-7-15(24-3)16(25-4)8-14(13)10-21/h7-8H,5-6,9-11H2,1-4H3. The summed E-state index contributed by atoms with van der Waals surface area (Å²) in [5.74, 6) is 1.56. The Labute approximate surface area is 157 Å². The Bertz CT molecular complexity index is 803. The number of amides is 1. The smallest absolute Gasteiger partial charge is 0.228 e. The Morgan fingerprint density at radius 1 is 1.19 bits per heavy atom. The molecule has 0 radical (unpaired) electrons. The molecule has 0 N–H and O–H groups in total. The third kappa shape index (κ3) is 3.83. The molecule has 0 unspecified atom stereocenters. The van der Waals surface area contributed by atoms with Crippen LogP contribution in [0.2, 0.25) is 0 Å². The molecule has 140 valence electrons. The van der Waals surface area contributed by atoms with Gasteiger partial charge < -0.3 is 19.1 Å². The summed E-state index contributed by atoms with van der Waals surface area (Å²) in [6, 6.07) is 3.99. The molecule has 0 fully saturated rings. The monoisotopic (exact) mass is 376 g/mol. The van der Waals surface area contributed by atoms with Gasteiger partial charge in [0.25, 0.3) is 0 Å². The van der Waals surface area contributed by atoms with E-state index in [0.717, 1.165) is 33.3 Å². The summed E-state index contributed by atoms with van der Waals surface area (Å²) >= 11 is 1.55. The fraction of sp³-hybridized carbons (Fsp3) is 0.474. The minimum Gasteiger partial charge on any atom is -0.493 e. The summed E-state index contributed by atoms with van der Waals surface area (Å²) in [4.78, 5) is 20.2. The number of nitrogens with zero attached hydrogens (tertiary/aromatic N) is 2. The van der Waals surface area contributed by atoms with Crippen LogP contribution in [0.4, 0.5) is 0 Å². The van der Waals surface area contributed by atoms with Crippen molar-refractivity contribution in [2.45, 2.75) is 32.9 Å². The van der Waals surface area contributed by atoms with Gasteiger partial charge in [-0.15, -0.1) is 11.3 Å². The topological polar surface area (TPSA) is 60.9 Å². The molecule has 2 aromatic rings. The maximum atomic E-state index is 12.8.